The van der Waals surface area contributed by atoms with E-state index in [-0.39, 0.29) is 5.91 Å². The van der Waals surface area contributed by atoms with Gasteiger partial charge in [0.05, 0.1) is 0 Å². The van der Waals surface area contributed by atoms with Crippen LogP contribution >= 0.6 is 0 Å². The fourth-order valence-electron chi connectivity index (χ4n) is 4.89. The Morgan fingerprint density at radius 1 is 0.824 bits per heavy atom. The molecule has 4 heteroatoms. The third-order valence-corrected chi connectivity index (χ3v) is 6.86. The van der Waals surface area contributed by atoms with Crippen molar-refractivity contribution < 1.29 is 4.79 Å². The van der Waals surface area contributed by atoms with Gasteiger partial charge in [0.15, 0.2) is 0 Å². The third kappa shape index (κ3) is 4.97. The van der Waals surface area contributed by atoms with Crippen LogP contribution in [0.5, 0.6) is 0 Å². The Morgan fingerprint density at radius 2 is 1.62 bits per heavy atom. The molecule has 1 saturated heterocycles. The van der Waals surface area contributed by atoms with E-state index in [0.717, 1.165) is 43.7 Å². The first-order valence-electron chi connectivity index (χ1n) is 12.1. The maximum Gasteiger partial charge on any atom is 0.253 e. The van der Waals surface area contributed by atoms with Crippen molar-refractivity contribution in [3.63, 3.8) is 0 Å². The van der Waals surface area contributed by atoms with Crippen LogP contribution in [0, 0.1) is 0 Å². The molecule has 0 atom stereocenters. The van der Waals surface area contributed by atoms with Crippen molar-refractivity contribution in [2.24, 2.45) is 5.73 Å². The zero-order valence-electron chi connectivity index (χ0n) is 19.4. The molecule has 0 radical (unpaired) electrons. The minimum atomic E-state index is 0.114. The molecule has 0 unspecified atom stereocenters. The molecular weight excluding hydrogens is 418 g/mol. The molecule has 0 aliphatic carbocycles. The first kappa shape index (κ1) is 22.2. The summed E-state index contributed by atoms with van der Waals surface area (Å²) in [4.78, 5) is 15.2. The molecule has 172 valence electrons. The topological polar surface area (TPSA) is 58.4 Å². The number of carbonyl (C=O) groups excluding carboxylic acids is 1. The number of piperidine rings is 1. The zero-order chi connectivity index (χ0) is 23.3. The smallest absolute Gasteiger partial charge is 0.253 e. The molecule has 1 fully saturated rings. The van der Waals surface area contributed by atoms with Crippen LogP contribution in [0.4, 0.5) is 5.69 Å². The molecule has 0 saturated carbocycles. The molecule has 4 aromatic carbocycles. The fourth-order valence-corrected chi connectivity index (χ4v) is 4.89. The number of benzene rings is 4. The summed E-state index contributed by atoms with van der Waals surface area (Å²) in [5.74, 6) is 0.606. The molecule has 1 aliphatic rings. The minimum Gasteiger partial charge on any atom is -0.381 e. The van der Waals surface area contributed by atoms with E-state index in [2.05, 4.69) is 72.0 Å². The maximum absolute atomic E-state index is 13.2. The Morgan fingerprint density at radius 3 is 2.44 bits per heavy atom. The summed E-state index contributed by atoms with van der Waals surface area (Å²) in [5.41, 5.74) is 11.2. The van der Waals surface area contributed by atoms with Gasteiger partial charge in [-0.05, 0) is 70.5 Å². The molecule has 1 heterocycles. The number of likely N-dealkylation sites (tertiary alicyclic amines) is 1. The van der Waals surface area contributed by atoms with E-state index in [1.807, 2.05) is 29.2 Å². The lowest BCUT2D eigenvalue weighted by Gasteiger charge is -2.32. The van der Waals surface area contributed by atoms with Crippen LogP contribution in [0.1, 0.15) is 45.8 Å². The third-order valence-electron chi connectivity index (χ3n) is 6.86. The lowest BCUT2D eigenvalue weighted by Crippen LogP contribution is -2.37. The van der Waals surface area contributed by atoms with Gasteiger partial charge in [0.1, 0.15) is 0 Å². The van der Waals surface area contributed by atoms with Gasteiger partial charge >= 0.3 is 0 Å². The first-order valence-corrected chi connectivity index (χ1v) is 12.1. The van der Waals surface area contributed by atoms with Gasteiger partial charge in [-0.15, -0.1) is 0 Å². The van der Waals surface area contributed by atoms with Gasteiger partial charge in [-0.3, -0.25) is 4.79 Å². The standard InChI is InChI=1S/C30H31N3O/c31-20-22-5-3-8-27(17-22)25-13-15-33(16-14-25)30(34)28-9-4-10-29(19-28)32-21-23-11-12-24-6-1-2-7-26(24)18-23/h1-12,17-19,25,32H,13-16,20-21,31H2. The van der Waals surface area contributed by atoms with Crippen molar-refractivity contribution >= 4 is 22.4 Å². The number of rotatable bonds is 6. The van der Waals surface area contributed by atoms with Crippen molar-refractivity contribution in [2.75, 3.05) is 18.4 Å². The minimum absolute atomic E-state index is 0.114. The summed E-state index contributed by atoms with van der Waals surface area (Å²) in [6, 6.07) is 31.3. The van der Waals surface area contributed by atoms with E-state index in [1.54, 1.807) is 0 Å². The zero-order valence-corrected chi connectivity index (χ0v) is 19.4. The second-order valence-corrected chi connectivity index (χ2v) is 9.13. The number of carbonyl (C=O) groups is 1. The molecule has 3 N–H and O–H groups in total. The summed E-state index contributed by atoms with van der Waals surface area (Å²) in [5, 5.41) is 5.97. The Bertz CT molecular complexity index is 1290. The molecule has 1 amide bonds. The number of nitrogens with zero attached hydrogens (tertiary/aromatic N) is 1. The molecule has 0 bridgehead atoms. The molecule has 0 spiro atoms. The first-order chi connectivity index (χ1) is 16.7. The molecular formula is C30H31N3O. The highest BCUT2D eigenvalue weighted by Gasteiger charge is 2.24. The Balaban J connectivity index is 1.20. The average molecular weight is 450 g/mol. The van der Waals surface area contributed by atoms with Gasteiger partial charge in [-0.2, -0.15) is 0 Å². The van der Waals surface area contributed by atoms with Crippen LogP contribution in [-0.4, -0.2) is 23.9 Å². The highest BCUT2D eigenvalue weighted by Crippen LogP contribution is 2.29. The number of hydrogen-bond donors (Lipinski definition) is 2. The van der Waals surface area contributed by atoms with Crippen molar-refractivity contribution in [2.45, 2.75) is 31.8 Å². The summed E-state index contributed by atoms with van der Waals surface area (Å²) in [7, 11) is 0. The summed E-state index contributed by atoms with van der Waals surface area (Å²) in [6.45, 7) is 2.85. The average Bonchev–Trinajstić information content (AvgIpc) is 2.91. The lowest BCUT2D eigenvalue weighted by molar-refractivity contribution is 0.0713. The van der Waals surface area contributed by atoms with E-state index in [9.17, 15) is 4.79 Å². The highest BCUT2D eigenvalue weighted by molar-refractivity contribution is 5.95. The fraction of sp³-hybridized carbons (Fsp3) is 0.233. The molecule has 4 aromatic rings. The van der Waals surface area contributed by atoms with E-state index < -0.39 is 0 Å². The van der Waals surface area contributed by atoms with E-state index in [4.69, 9.17) is 5.73 Å². The molecule has 0 aromatic heterocycles. The summed E-state index contributed by atoms with van der Waals surface area (Å²) < 4.78 is 0. The Kier molecular flexibility index (Phi) is 6.59. The second-order valence-electron chi connectivity index (χ2n) is 9.13. The number of anilines is 1. The van der Waals surface area contributed by atoms with Crippen LogP contribution in [0.3, 0.4) is 0 Å². The lowest BCUT2D eigenvalue weighted by atomic mass is 9.88. The van der Waals surface area contributed by atoms with Crippen LogP contribution in [0.25, 0.3) is 10.8 Å². The normalized spacial score (nSPS) is 14.3. The van der Waals surface area contributed by atoms with Gasteiger partial charge in [0, 0.05) is 37.4 Å². The SMILES string of the molecule is NCc1cccc(C2CCN(C(=O)c3cccc(NCc4ccc5ccccc5c4)c3)CC2)c1. The highest BCUT2D eigenvalue weighted by atomic mass is 16.2. The Labute approximate surface area is 201 Å². The second kappa shape index (κ2) is 10.1. The number of nitrogens with two attached hydrogens (primary N) is 1. The van der Waals surface area contributed by atoms with Gasteiger partial charge in [0.25, 0.3) is 5.91 Å². The van der Waals surface area contributed by atoms with Gasteiger partial charge in [-0.1, -0.05) is 66.7 Å². The maximum atomic E-state index is 13.2. The predicted molar refractivity (Wildman–Crippen MR) is 140 cm³/mol. The van der Waals surface area contributed by atoms with Gasteiger partial charge in [-0.25, -0.2) is 0 Å². The monoisotopic (exact) mass is 449 g/mol. The van der Waals surface area contributed by atoms with Gasteiger partial charge in [0.2, 0.25) is 0 Å². The Hall–Kier alpha value is -3.63. The van der Waals surface area contributed by atoms with Crippen molar-refractivity contribution in [3.05, 3.63) is 113 Å². The van der Waals surface area contributed by atoms with Crippen molar-refractivity contribution in [1.82, 2.24) is 4.90 Å². The summed E-state index contributed by atoms with van der Waals surface area (Å²) in [6.07, 6.45) is 1.97. The van der Waals surface area contributed by atoms with Crippen LogP contribution < -0.4 is 11.1 Å². The molecule has 34 heavy (non-hydrogen) atoms. The largest absolute Gasteiger partial charge is 0.381 e. The van der Waals surface area contributed by atoms with Crippen molar-refractivity contribution in [3.8, 4) is 0 Å². The quantitative estimate of drug-likeness (QED) is 0.384. The van der Waals surface area contributed by atoms with E-state index in [1.165, 1.54) is 27.5 Å². The van der Waals surface area contributed by atoms with Crippen LogP contribution in [0.15, 0.2) is 91.0 Å². The molecule has 4 nitrogen and oxygen atoms in total. The van der Waals surface area contributed by atoms with E-state index >= 15 is 0 Å². The van der Waals surface area contributed by atoms with Crippen LogP contribution in [0.2, 0.25) is 0 Å². The number of hydrogen-bond acceptors (Lipinski definition) is 3. The molecule has 5 rings (SSSR count). The predicted octanol–water partition coefficient (Wildman–Crippen LogP) is 5.93. The van der Waals surface area contributed by atoms with Gasteiger partial charge < -0.3 is 16.0 Å². The van der Waals surface area contributed by atoms with Crippen LogP contribution in [-0.2, 0) is 13.1 Å². The number of fused-ring (bicyclic) bond motifs is 1. The molecule has 1 aliphatic heterocycles. The van der Waals surface area contributed by atoms with E-state index in [0.29, 0.717) is 12.5 Å². The summed E-state index contributed by atoms with van der Waals surface area (Å²) >= 11 is 0. The van der Waals surface area contributed by atoms with Crippen molar-refractivity contribution in [1.29, 1.82) is 0 Å². The number of amides is 1. The number of nitrogens with one attached hydrogen (secondary N) is 1.